The lowest BCUT2D eigenvalue weighted by Crippen LogP contribution is -2.11. The molecule has 0 unspecified atom stereocenters. The maximum atomic E-state index is 3.26. The average molecular weight is 176 g/mol. The van der Waals surface area contributed by atoms with Crippen LogP contribution in [0.1, 0.15) is 33.3 Å². The third-order valence-electron chi connectivity index (χ3n) is 2.03. The van der Waals surface area contributed by atoms with Gasteiger partial charge in [-0.05, 0) is 24.0 Å². The van der Waals surface area contributed by atoms with Gasteiger partial charge in [-0.3, -0.25) is 0 Å². The zero-order chi connectivity index (χ0) is 9.90. The summed E-state index contributed by atoms with van der Waals surface area (Å²) >= 11 is 0. The number of hydrogen-bond donors (Lipinski definition) is 1. The van der Waals surface area contributed by atoms with E-state index in [1.54, 1.807) is 0 Å². The van der Waals surface area contributed by atoms with E-state index < -0.39 is 0 Å². The molecule has 0 heterocycles. The predicted molar refractivity (Wildman–Crippen MR) is 58.1 cm³/mol. The van der Waals surface area contributed by atoms with Crippen LogP contribution in [0.15, 0.2) is 18.2 Å². The number of benzene rings is 1. The van der Waals surface area contributed by atoms with Gasteiger partial charge in [-0.15, -0.1) is 0 Å². The van der Waals surface area contributed by atoms with Crippen LogP contribution in [0.2, 0.25) is 0 Å². The molecule has 13 heavy (non-hydrogen) atoms. The van der Waals surface area contributed by atoms with E-state index in [0.717, 1.165) is 12.2 Å². The van der Waals surface area contributed by atoms with Gasteiger partial charge in [-0.1, -0.05) is 32.9 Å². The topological polar surface area (TPSA) is 12.0 Å². The van der Waals surface area contributed by atoms with E-state index in [-0.39, 0.29) is 5.41 Å². The largest absolute Gasteiger partial charge is 0.385 e. The van der Waals surface area contributed by atoms with Gasteiger partial charge < -0.3 is 5.32 Å². The molecule has 0 aliphatic carbocycles. The highest BCUT2D eigenvalue weighted by Gasteiger charge is 2.13. The van der Waals surface area contributed by atoms with Crippen molar-refractivity contribution < 1.29 is 0 Å². The number of anilines is 1. The van der Waals surface area contributed by atoms with Gasteiger partial charge in [0, 0.05) is 18.3 Å². The smallest absolute Gasteiger partial charge is 0.0423 e. The second-order valence-corrected chi connectivity index (χ2v) is 4.27. The zero-order valence-corrected chi connectivity index (χ0v) is 8.94. The second kappa shape index (κ2) is 3.82. The van der Waals surface area contributed by atoms with E-state index in [1.807, 2.05) is 6.07 Å². The lowest BCUT2D eigenvalue weighted by molar-refractivity contribution is 0.590. The minimum atomic E-state index is 0.221. The molecule has 0 saturated heterocycles. The van der Waals surface area contributed by atoms with Crippen molar-refractivity contribution >= 4 is 5.69 Å². The quantitative estimate of drug-likeness (QED) is 0.729. The molecule has 1 aromatic carbocycles. The van der Waals surface area contributed by atoms with Gasteiger partial charge in [0.25, 0.3) is 0 Å². The Bertz CT molecular complexity index is 271. The normalized spacial score (nSPS) is 11.4. The van der Waals surface area contributed by atoms with E-state index in [9.17, 15) is 0 Å². The van der Waals surface area contributed by atoms with E-state index in [2.05, 4.69) is 51.2 Å². The molecule has 71 valence electrons. The third kappa shape index (κ3) is 2.76. The van der Waals surface area contributed by atoms with Crippen molar-refractivity contribution in [2.75, 3.05) is 11.9 Å². The van der Waals surface area contributed by atoms with Crippen molar-refractivity contribution in [3.63, 3.8) is 0 Å². The summed E-state index contributed by atoms with van der Waals surface area (Å²) in [7, 11) is 0. The van der Waals surface area contributed by atoms with Crippen molar-refractivity contribution in [3.8, 4) is 0 Å². The number of hydrogen-bond acceptors (Lipinski definition) is 1. The fraction of sp³-hybridized carbons (Fsp3) is 0.500. The van der Waals surface area contributed by atoms with Gasteiger partial charge in [0.1, 0.15) is 0 Å². The molecule has 0 aliphatic rings. The van der Waals surface area contributed by atoms with Gasteiger partial charge in [0.05, 0.1) is 0 Å². The SMILES string of the molecule is CCNc1[c]ccc(C(C)(C)C)c1. The molecule has 0 amide bonds. The van der Waals surface area contributed by atoms with Crippen molar-refractivity contribution in [1.29, 1.82) is 0 Å². The summed E-state index contributed by atoms with van der Waals surface area (Å²) in [6.07, 6.45) is 0. The molecule has 0 bridgehead atoms. The first-order chi connectivity index (χ1) is 6.04. The summed E-state index contributed by atoms with van der Waals surface area (Å²) in [5, 5.41) is 3.26. The first-order valence-electron chi connectivity index (χ1n) is 4.80. The van der Waals surface area contributed by atoms with Crippen molar-refractivity contribution in [1.82, 2.24) is 0 Å². The molecule has 1 heteroatoms. The monoisotopic (exact) mass is 176 g/mol. The van der Waals surface area contributed by atoms with Crippen molar-refractivity contribution in [2.45, 2.75) is 33.1 Å². The highest BCUT2D eigenvalue weighted by atomic mass is 14.8. The maximum absolute atomic E-state index is 3.26. The Balaban J connectivity index is 2.92. The van der Waals surface area contributed by atoms with Gasteiger partial charge >= 0.3 is 0 Å². The maximum Gasteiger partial charge on any atom is 0.0423 e. The predicted octanol–water partition coefficient (Wildman–Crippen LogP) is 3.22. The minimum absolute atomic E-state index is 0.221. The van der Waals surface area contributed by atoms with Gasteiger partial charge in [-0.2, -0.15) is 0 Å². The minimum Gasteiger partial charge on any atom is -0.385 e. The van der Waals surface area contributed by atoms with E-state index in [0.29, 0.717) is 0 Å². The van der Waals surface area contributed by atoms with Crippen molar-refractivity contribution in [2.24, 2.45) is 0 Å². The first kappa shape index (κ1) is 10.1. The Morgan fingerprint density at radius 3 is 2.62 bits per heavy atom. The molecule has 1 rings (SSSR count). The molecule has 1 radical (unpaired) electrons. The Hall–Kier alpha value is -0.980. The molecule has 0 aliphatic heterocycles. The molecule has 0 spiro atoms. The highest BCUT2D eigenvalue weighted by molar-refractivity contribution is 5.46. The molecular weight excluding hydrogens is 158 g/mol. The molecule has 1 nitrogen and oxygen atoms in total. The van der Waals surface area contributed by atoms with Crippen LogP contribution >= 0.6 is 0 Å². The summed E-state index contributed by atoms with van der Waals surface area (Å²) in [5.74, 6) is 0. The summed E-state index contributed by atoms with van der Waals surface area (Å²) < 4.78 is 0. The molecular formula is C12H18N. The molecule has 0 fully saturated rings. The highest BCUT2D eigenvalue weighted by Crippen LogP contribution is 2.24. The lowest BCUT2D eigenvalue weighted by Gasteiger charge is -2.19. The first-order valence-corrected chi connectivity index (χ1v) is 4.80. The standard InChI is InChI=1S/C12H18N/c1-5-13-11-8-6-7-10(9-11)12(2,3)4/h6-7,9,13H,5H2,1-4H3. The molecule has 1 N–H and O–H groups in total. The Labute approximate surface area is 81.2 Å². The Kier molecular flexibility index (Phi) is 2.97. The molecule has 0 saturated carbocycles. The van der Waals surface area contributed by atoms with E-state index >= 15 is 0 Å². The van der Waals surface area contributed by atoms with Crippen LogP contribution in [0.4, 0.5) is 5.69 Å². The fourth-order valence-corrected chi connectivity index (χ4v) is 1.23. The van der Waals surface area contributed by atoms with Crippen LogP contribution in [-0.4, -0.2) is 6.54 Å². The average Bonchev–Trinajstić information content (AvgIpc) is 2.04. The van der Waals surface area contributed by atoms with Gasteiger partial charge in [0.2, 0.25) is 0 Å². The van der Waals surface area contributed by atoms with E-state index in [1.165, 1.54) is 5.56 Å². The van der Waals surface area contributed by atoms with Gasteiger partial charge in [-0.25, -0.2) is 0 Å². The van der Waals surface area contributed by atoms with Crippen LogP contribution in [-0.2, 0) is 5.41 Å². The molecule has 0 aromatic heterocycles. The summed E-state index contributed by atoms with van der Waals surface area (Å²) in [4.78, 5) is 0. The third-order valence-corrected chi connectivity index (χ3v) is 2.03. The van der Waals surface area contributed by atoms with Crippen LogP contribution in [0, 0.1) is 6.07 Å². The molecule has 1 aromatic rings. The van der Waals surface area contributed by atoms with Crippen molar-refractivity contribution in [3.05, 3.63) is 29.8 Å². The zero-order valence-electron chi connectivity index (χ0n) is 8.94. The summed E-state index contributed by atoms with van der Waals surface area (Å²) in [5.41, 5.74) is 2.66. The summed E-state index contributed by atoms with van der Waals surface area (Å²) in [6.45, 7) is 9.70. The van der Waals surface area contributed by atoms with Crippen LogP contribution in [0.3, 0.4) is 0 Å². The van der Waals surface area contributed by atoms with Crippen LogP contribution < -0.4 is 5.32 Å². The lowest BCUT2D eigenvalue weighted by atomic mass is 9.87. The summed E-state index contributed by atoms with van der Waals surface area (Å²) in [6, 6.07) is 9.45. The second-order valence-electron chi connectivity index (χ2n) is 4.27. The Morgan fingerprint density at radius 2 is 2.08 bits per heavy atom. The molecule has 0 atom stereocenters. The van der Waals surface area contributed by atoms with Crippen LogP contribution in [0.25, 0.3) is 0 Å². The number of rotatable bonds is 2. The number of nitrogens with one attached hydrogen (secondary N) is 1. The van der Waals surface area contributed by atoms with Crippen LogP contribution in [0.5, 0.6) is 0 Å². The van der Waals surface area contributed by atoms with E-state index in [4.69, 9.17) is 0 Å². The Morgan fingerprint density at radius 1 is 1.38 bits per heavy atom. The van der Waals surface area contributed by atoms with Gasteiger partial charge in [0.15, 0.2) is 0 Å². The fourth-order valence-electron chi connectivity index (χ4n) is 1.23.